The van der Waals surface area contributed by atoms with Crippen molar-refractivity contribution in [3.63, 3.8) is 0 Å². The number of rotatable bonds is 3. The minimum absolute atomic E-state index is 0.113. The van der Waals surface area contributed by atoms with Gasteiger partial charge in [0, 0.05) is 39.3 Å². The van der Waals surface area contributed by atoms with Gasteiger partial charge in [-0.05, 0) is 30.5 Å². The number of carbonyl (C=O) groups is 1. The second kappa shape index (κ2) is 6.84. The first-order chi connectivity index (χ1) is 12.2. The first-order valence-electron chi connectivity index (χ1n) is 8.99. The fourth-order valence-electron chi connectivity index (χ4n) is 3.97. The molecule has 2 aliphatic rings. The normalized spacial score (nSPS) is 19.9. The van der Waals surface area contributed by atoms with Crippen molar-refractivity contribution in [2.24, 2.45) is 0 Å². The summed E-state index contributed by atoms with van der Waals surface area (Å²) in [5.74, 6) is -0.113. The second-order valence-electron chi connectivity index (χ2n) is 6.85. The van der Waals surface area contributed by atoms with Gasteiger partial charge < -0.3 is 10.2 Å². The van der Waals surface area contributed by atoms with Gasteiger partial charge in [0.1, 0.15) is 5.69 Å². The zero-order chi connectivity index (χ0) is 17.2. The van der Waals surface area contributed by atoms with Crippen LogP contribution in [0.4, 0.5) is 5.69 Å². The van der Waals surface area contributed by atoms with E-state index >= 15 is 0 Å². The molecule has 5 nitrogen and oxygen atoms in total. The van der Waals surface area contributed by atoms with E-state index in [4.69, 9.17) is 0 Å². The summed E-state index contributed by atoms with van der Waals surface area (Å²) in [6.07, 6.45) is 2.04. The Morgan fingerprint density at radius 2 is 2.04 bits per heavy atom. The highest BCUT2D eigenvalue weighted by Gasteiger charge is 2.32. The van der Waals surface area contributed by atoms with Gasteiger partial charge in [-0.25, -0.2) is 4.98 Å². The molecular formula is C20H24N4O. The number of aryl methyl sites for hydroxylation is 1. The zero-order valence-electron chi connectivity index (χ0n) is 14.6. The van der Waals surface area contributed by atoms with Crippen molar-refractivity contribution in [3.05, 3.63) is 59.4 Å². The first kappa shape index (κ1) is 16.1. The number of nitrogens with one attached hydrogen (secondary N) is 1. The Balaban J connectivity index is 1.48. The Hall–Kier alpha value is -2.40. The second-order valence-corrected chi connectivity index (χ2v) is 6.85. The molecular weight excluding hydrogens is 312 g/mol. The largest absolute Gasteiger partial charge is 0.364 e. The number of hydrogen-bond donors (Lipinski definition) is 1. The van der Waals surface area contributed by atoms with Crippen LogP contribution in [-0.2, 0) is 13.0 Å². The number of carbonyl (C=O) groups excluding carboxylic acids is 1. The van der Waals surface area contributed by atoms with Gasteiger partial charge in [0.15, 0.2) is 0 Å². The molecule has 2 aliphatic heterocycles. The summed E-state index contributed by atoms with van der Waals surface area (Å²) in [7, 11) is 1.64. The summed E-state index contributed by atoms with van der Waals surface area (Å²) in [6.45, 7) is 4.19. The van der Waals surface area contributed by atoms with Gasteiger partial charge >= 0.3 is 0 Å². The third-order valence-corrected chi connectivity index (χ3v) is 5.25. The van der Waals surface area contributed by atoms with Crippen molar-refractivity contribution < 1.29 is 4.79 Å². The molecule has 0 spiro atoms. The molecule has 0 saturated carbocycles. The Morgan fingerprint density at radius 3 is 2.84 bits per heavy atom. The van der Waals surface area contributed by atoms with Crippen LogP contribution in [-0.4, -0.2) is 48.5 Å². The van der Waals surface area contributed by atoms with E-state index in [-0.39, 0.29) is 5.91 Å². The topological polar surface area (TPSA) is 48.5 Å². The molecule has 4 rings (SSSR count). The van der Waals surface area contributed by atoms with Crippen LogP contribution in [0.5, 0.6) is 0 Å². The average molecular weight is 336 g/mol. The Kier molecular flexibility index (Phi) is 4.40. The van der Waals surface area contributed by atoms with E-state index in [1.54, 1.807) is 7.05 Å². The van der Waals surface area contributed by atoms with E-state index in [9.17, 15) is 4.79 Å². The summed E-state index contributed by atoms with van der Waals surface area (Å²) in [5.41, 5.74) is 4.17. The highest BCUT2D eigenvalue weighted by molar-refractivity contribution is 5.92. The fourth-order valence-corrected chi connectivity index (χ4v) is 3.97. The molecule has 1 N–H and O–H groups in total. The third-order valence-electron chi connectivity index (χ3n) is 5.25. The lowest BCUT2D eigenvalue weighted by Crippen LogP contribution is -2.54. The number of hydrogen-bond acceptors (Lipinski definition) is 4. The van der Waals surface area contributed by atoms with Crippen LogP contribution < -0.4 is 10.2 Å². The van der Waals surface area contributed by atoms with E-state index in [1.165, 1.54) is 11.3 Å². The van der Waals surface area contributed by atoms with Crippen LogP contribution in [0.25, 0.3) is 0 Å². The smallest absolute Gasteiger partial charge is 0.269 e. The summed E-state index contributed by atoms with van der Waals surface area (Å²) in [5, 5.41) is 2.65. The van der Waals surface area contributed by atoms with Crippen LogP contribution in [0, 0.1) is 0 Å². The van der Waals surface area contributed by atoms with Crippen LogP contribution in [0.15, 0.2) is 42.5 Å². The van der Waals surface area contributed by atoms with Crippen LogP contribution in [0.3, 0.4) is 0 Å². The van der Waals surface area contributed by atoms with Crippen LogP contribution >= 0.6 is 0 Å². The van der Waals surface area contributed by atoms with E-state index in [0.29, 0.717) is 11.7 Å². The van der Waals surface area contributed by atoms with Crippen molar-refractivity contribution >= 4 is 11.6 Å². The lowest BCUT2D eigenvalue weighted by atomic mass is 9.96. The number of amides is 1. The predicted octanol–water partition coefficient (Wildman–Crippen LogP) is 2.08. The van der Waals surface area contributed by atoms with Crippen molar-refractivity contribution in [2.75, 3.05) is 31.6 Å². The molecule has 0 bridgehead atoms. The van der Waals surface area contributed by atoms with Crippen molar-refractivity contribution in [1.29, 1.82) is 0 Å². The Labute approximate surface area is 148 Å². The minimum atomic E-state index is -0.113. The molecule has 1 atom stereocenters. The van der Waals surface area contributed by atoms with Gasteiger partial charge in [-0.3, -0.25) is 9.69 Å². The van der Waals surface area contributed by atoms with Crippen molar-refractivity contribution in [3.8, 4) is 0 Å². The maximum Gasteiger partial charge on any atom is 0.269 e. The Bertz CT molecular complexity index is 762. The number of nitrogens with zero attached hydrogens (tertiary/aromatic N) is 3. The third kappa shape index (κ3) is 3.24. The highest BCUT2D eigenvalue weighted by Crippen LogP contribution is 2.32. The molecule has 1 saturated heterocycles. The number of piperazine rings is 1. The molecule has 130 valence electrons. The fraction of sp³-hybridized carbons (Fsp3) is 0.400. The number of pyridine rings is 1. The number of aromatic nitrogens is 1. The molecule has 0 radical (unpaired) electrons. The van der Waals surface area contributed by atoms with Gasteiger partial charge in [0.25, 0.3) is 5.91 Å². The van der Waals surface area contributed by atoms with Crippen LogP contribution in [0.1, 0.15) is 28.2 Å². The quantitative estimate of drug-likeness (QED) is 0.932. The first-order valence-corrected chi connectivity index (χ1v) is 8.99. The maximum atomic E-state index is 11.8. The van der Waals surface area contributed by atoms with Gasteiger partial charge in [-0.2, -0.15) is 0 Å². The molecule has 1 aromatic heterocycles. The van der Waals surface area contributed by atoms with Crippen LogP contribution in [0.2, 0.25) is 0 Å². The minimum Gasteiger partial charge on any atom is -0.364 e. The molecule has 1 amide bonds. The van der Waals surface area contributed by atoms with E-state index < -0.39 is 0 Å². The average Bonchev–Trinajstić information content (AvgIpc) is 2.67. The highest BCUT2D eigenvalue weighted by atomic mass is 16.1. The van der Waals surface area contributed by atoms with Gasteiger partial charge in [0.2, 0.25) is 0 Å². The molecule has 5 heteroatoms. The van der Waals surface area contributed by atoms with E-state index in [2.05, 4.69) is 56.5 Å². The van der Waals surface area contributed by atoms with E-state index in [1.807, 2.05) is 6.07 Å². The van der Waals surface area contributed by atoms with Gasteiger partial charge in [0.05, 0.1) is 11.4 Å². The summed E-state index contributed by atoms with van der Waals surface area (Å²) < 4.78 is 0. The van der Waals surface area contributed by atoms with E-state index in [0.717, 1.165) is 44.7 Å². The van der Waals surface area contributed by atoms with Gasteiger partial charge in [-0.15, -0.1) is 0 Å². The maximum absolute atomic E-state index is 11.8. The Morgan fingerprint density at radius 1 is 1.20 bits per heavy atom. The summed E-state index contributed by atoms with van der Waals surface area (Å²) in [4.78, 5) is 21.4. The summed E-state index contributed by atoms with van der Waals surface area (Å²) in [6, 6.07) is 15.1. The molecule has 1 fully saturated rings. The van der Waals surface area contributed by atoms with Gasteiger partial charge in [-0.1, -0.05) is 30.3 Å². The SMILES string of the molecule is CNC(=O)c1ccc2c(n1)CCC1CN(Cc3ccccc3)CCN21. The summed E-state index contributed by atoms with van der Waals surface area (Å²) >= 11 is 0. The molecule has 1 aromatic carbocycles. The number of benzene rings is 1. The lowest BCUT2D eigenvalue weighted by Gasteiger charge is -2.45. The monoisotopic (exact) mass is 336 g/mol. The van der Waals surface area contributed by atoms with Crippen molar-refractivity contribution in [2.45, 2.75) is 25.4 Å². The molecule has 3 heterocycles. The molecule has 0 aliphatic carbocycles. The predicted molar refractivity (Wildman–Crippen MR) is 98.8 cm³/mol. The standard InChI is InChI=1S/C20H24N4O/c1-21-20(25)18-9-10-19-17(22-18)8-7-16-14-23(11-12-24(16)19)13-15-5-3-2-4-6-15/h2-6,9-10,16H,7-8,11-14H2,1H3,(H,21,25). The number of anilines is 1. The lowest BCUT2D eigenvalue weighted by molar-refractivity contribution is 0.0958. The molecule has 2 aromatic rings. The van der Waals surface area contributed by atoms with Crippen molar-refractivity contribution in [1.82, 2.24) is 15.2 Å². The molecule has 1 unspecified atom stereocenters. The zero-order valence-corrected chi connectivity index (χ0v) is 14.6. The number of fused-ring (bicyclic) bond motifs is 3. The molecule has 25 heavy (non-hydrogen) atoms.